The third-order valence-corrected chi connectivity index (χ3v) is 9.94. The Morgan fingerprint density at radius 2 is 1.86 bits per heavy atom. The molecule has 0 bridgehead atoms. The van der Waals surface area contributed by atoms with Gasteiger partial charge in [-0.25, -0.2) is 9.78 Å². The van der Waals surface area contributed by atoms with E-state index in [0.29, 0.717) is 49.2 Å². The zero-order valence-electron chi connectivity index (χ0n) is 24.9. The molecule has 0 saturated carbocycles. The summed E-state index contributed by atoms with van der Waals surface area (Å²) in [6.45, 7) is 7.47. The Morgan fingerprint density at radius 1 is 1.09 bits per heavy atom. The molecule has 7 rings (SSSR count). The maximum atomic E-state index is 13.5. The number of fused-ring (bicyclic) bond motifs is 5. The predicted molar refractivity (Wildman–Crippen MR) is 161 cm³/mol. The molecular formula is C33H38N4O6. The Labute approximate surface area is 250 Å². The number of ether oxygens (including phenoxy) is 2. The Hall–Kier alpha value is -3.76. The van der Waals surface area contributed by atoms with Crippen LogP contribution in [0.4, 0.5) is 4.79 Å². The minimum atomic E-state index is -1.77. The molecule has 4 aliphatic rings. The van der Waals surface area contributed by atoms with E-state index >= 15 is 0 Å². The van der Waals surface area contributed by atoms with Gasteiger partial charge in [0.1, 0.15) is 5.75 Å². The molecule has 10 nitrogen and oxygen atoms in total. The number of hydrogen-bond donors (Lipinski definition) is 1. The zero-order valence-corrected chi connectivity index (χ0v) is 24.9. The van der Waals surface area contributed by atoms with Gasteiger partial charge in [0, 0.05) is 35.6 Å². The molecule has 0 aliphatic carbocycles. The summed E-state index contributed by atoms with van der Waals surface area (Å²) in [5.41, 5.74) is 1.91. The molecule has 3 aromatic rings. The lowest BCUT2D eigenvalue weighted by Crippen LogP contribution is -2.48. The molecule has 1 aromatic carbocycles. The average molecular weight is 587 g/mol. The highest BCUT2D eigenvalue weighted by Crippen LogP contribution is 2.42. The number of carbonyl (C=O) groups is 2. The number of likely N-dealkylation sites (tertiary alicyclic amines) is 2. The van der Waals surface area contributed by atoms with Crippen LogP contribution in [0.25, 0.3) is 22.3 Å². The summed E-state index contributed by atoms with van der Waals surface area (Å²) in [6.07, 6.45) is 6.29. The second kappa shape index (κ2) is 10.7. The fourth-order valence-electron chi connectivity index (χ4n) is 7.44. The van der Waals surface area contributed by atoms with Crippen molar-refractivity contribution in [1.82, 2.24) is 19.4 Å². The lowest BCUT2D eigenvalue weighted by molar-refractivity contribution is -0.143. The highest BCUT2D eigenvalue weighted by Gasteiger charge is 2.45. The first-order valence-electron chi connectivity index (χ1n) is 15.7. The largest absolute Gasteiger partial charge is 0.480 e. The van der Waals surface area contributed by atoms with E-state index in [0.717, 1.165) is 34.9 Å². The Bertz CT molecular complexity index is 1690. The molecule has 226 valence electrons. The second-order valence-electron chi connectivity index (χ2n) is 12.2. The summed E-state index contributed by atoms with van der Waals surface area (Å²) < 4.78 is 13.0. The number of pyridine rings is 2. The van der Waals surface area contributed by atoms with Crippen LogP contribution in [0.5, 0.6) is 11.5 Å². The van der Waals surface area contributed by atoms with Crippen LogP contribution in [0.2, 0.25) is 0 Å². The standard InChI is InChI=1S/C33H38N4O6/c1-3-22-23-16-21(43-32(40)36-14-10-20(11-15-36)35-12-6-5-7-13-35)8-9-26(23)34-29-24(22)18-37-27(29)17-25-30(31(37)39)42-19-28(38)33(25,41)4-2/h8-9,16-17,20,41H,3-7,10-15,18-19H2,1-2H3/t33-/m0/s1. The van der Waals surface area contributed by atoms with E-state index in [2.05, 4.69) is 11.8 Å². The normalized spacial score (nSPS) is 22.2. The highest BCUT2D eigenvalue weighted by molar-refractivity contribution is 5.93. The van der Waals surface area contributed by atoms with Gasteiger partial charge in [0.25, 0.3) is 5.56 Å². The summed E-state index contributed by atoms with van der Waals surface area (Å²) >= 11 is 0. The van der Waals surface area contributed by atoms with Gasteiger partial charge in [-0.05, 0) is 81.4 Å². The van der Waals surface area contributed by atoms with Gasteiger partial charge in [0.15, 0.2) is 18.0 Å². The number of nitrogens with zero attached hydrogens (tertiary/aromatic N) is 4. The van der Waals surface area contributed by atoms with Gasteiger partial charge in [-0.2, -0.15) is 0 Å². The van der Waals surface area contributed by atoms with Crippen molar-refractivity contribution in [3.63, 3.8) is 0 Å². The third-order valence-electron chi connectivity index (χ3n) is 9.94. The van der Waals surface area contributed by atoms with E-state index in [4.69, 9.17) is 14.5 Å². The lowest BCUT2D eigenvalue weighted by Gasteiger charge is -2.39. The molecule has 2 fully saturated rings. The van der Waals surface area contributed by atoms with Crippen molar-refractivity contribution in [2.45, 2.75) is 77.0 Å². The fraction of sp³-hybridized carbons (Fsp3) is 0.515. The molecular weight excluding hydrogens is 548 g/mol. The summed E-state index contributed by atoms with van der Waals surface area (Å²) in [6, 6.07) is 7.71. The minimum Gasteiger partial charge on any atom is -0.480 e. The Balaban J connectivity index is 1.16. The van der Waals surface area contributed by atoms with Crippen molar-refractivity contribution in [3.8, 4) is 22.9 Å². The highest BCUT2D eigenvalue weighted by atomic mass is 16.6. The number of ketones is 1. The number of aryl methyl sites for hydroxylation is 1. The molecule has 4 aliphatic heterocycles. The maximum Gasteiger partial charge on any atom is 0.415 e. The van der Waals surface area contributed by atoms with Gasteiger partial charge in [0.05, 0.1) is 23.4 Å². The fourth-order valence-corrected chi connectivity index (χ4v) is 7.44. The Kier molecular flexibility index (Phi) is 7.01. The Morgan fingerprint density at radius 3 is 2.58 bits per heavy atom. The second-order valence-corrected chi connectivity index (χ2v) is 12.2. The smallest absolute Gasteiger partial charge is 0.415 e. The molecule has 1 N–H and O–H groups in total. The molecule has 43 heavy (non-hydrogen) atoms. The quantitative estimate of drug-likeness (QED) is 0.382. The van der Waals surface area contributed by atoms with Crippen LogP contribution in [0.1, 0.15) is 69.1 Å². The first-order valence-corrected chi connectivity index (χ1v) is 15.7. The van der Waals surface area contributed by atoms with Gasteiger partial charge in [-0.3, -0.25) is 14.2 Å². The van der Waals surface area contributed by atoms with Gasteiger partial charge in [-0.1, -0.05) is 20.3 Å². The number of carbonyl (C=O) groups excluding carboxylic acids is 2. The van der Waals surface area contributed by atoms with E-state index in [-0.39, 0.29) is 36.0 Å². The number of rotatable bonds is 4. The lowest BCUT2D eigenvalue weighted by atomic mass is 9.85. The monoisotopic (exact) mass is 586 g/mol. The molecule has 0 spiro atoms. The first kappa shape index (κ1) is 28.0. The molecule has 6 heterocycles. The number of Topliss-reactive ketones (excluding diaryl/α,β-unsaturated/α-hetero) is 1. The molecule has 0 unspecified atom stereocenters. The number of aliphatic hydroxyl groups is 1. The van der Waals surface area contributed by atoms with Crippen LogP contribution in [0.15, 0.2) is 29.1 Å². The summed E-state index contributed by atoms with van der Waals surface area (Å²) in [7, 11) is 0. The first-order chi connectivity index (χ1) is 20.8. The van der Waals surface area contributed by atoms with Crippen LogP contribution in [0.3, 0.4) is 0 Å². The van der Waals surface area contributed by atoms with E-state index in [9.17, 15) is 19.5 Å². The van der Waals surface area contributed by atoms with E-state index in [1.165, 1.54) is 32.4 Å². The SMILES string of the molecule is CCc1c2c(nc3ccc(OC(=O)N4CCC(N5CCCCC5)CC4)cc13)-c1cc3c(c(=O)n1C2)OCC(=O)[C@]3(O)CC. The number of piperidine rings is 2. The van der Waals surface area contributed by atoms with Crippen LogP contribution >= 0.6 is 0 Å². The van der Waals surface area contributed by atoms with E-state index < -0.39 is 11.4 Å². The predicted octanol–water partition coefficient (Wildman–Crippen LogP) is 4.00. The minimum absolute atomic E-state index is 0.0253. The molecule has 1 atom stereocenters. The van der Waals surface area contributed by atoms with Gasteiger partial charge < -0.3 is 24.4 Å². The van der Waals surface area contributed by atoms with Crippen molar-refractivity contribution in [2.24, 2.45) is 0 Å². The van der Waals surface area contributed by atoms with Crippen molar-refractivity contribution in [3.05, 3.63) is 51.3 Å². The molecule has 2 aromatic heterocycles. The summed E-state index contributed by atoms with van der Waals surface area (Å²) in [4.78, 5) is 48.6. The van der Waals surface area contributed by atoms with Gasteiger partial charge in [0.2, 0.25) is 5.78 Å². The van der Waals surface area contributed by atoms with Crippen LogP contribution in [0, 0.1) is 0 Å². The number of hydrogen-bond acceptors (Lipinski definition) is 8. The van der Waals surface area contributed by atoms with Crippen LogP contribution in [-0.4, -0.2) is 75.2 Å². The van der Waals surface area contributed by atoms with Gasteiger partial charge in [-0.15, -0.1) is 0 Å². The van der Waals surface area contributed by atoms with Crippen LogP contribution in [-0.2, 0) is 23.4 Å². The van der Waals surface area contributed by atoms with Crippen LogP contribution < -0.4 is 15.0 Å². The van der Waals surface area contributed by atoms with Gasteiger partial charge >= 0.3 is 6.09 Å². The number of aromatic nitrogens is 2. The topological polar surface area (TPSA) is 114 Å². The van der Waals surface area contributed by atoms with E-state index in [1.807, 2.05) is 12.1 Å². The maximum absolute atomic E-state index is 13.5. The third kappa shape index (κ3) is 4.53. The molecule has 0 radical (unpaired) electrons. The molecule has 1 amide bonds. The van der Waals surface area contributed by atoms with Crippen molar-refractivity contribution >= 4 is 22.8 Å². The number of benzene rings is 1. The zero-order chi connectivity index (χ0) is 29.9. The number of amides is 1. The van der Waals surface area contributed by atoms with Crippen molar-refractivity contribution < 1.29 is 24.2 Å². The summed E-state index contributed by atoms with van der Waals surface area (Å²) in [5, 5.41) is 12.1. The molecule has 2 saturated heterocycles. The van der Waals surface area contributed by atoms with Crippen molar-refractivity contribution in [1.29, 1.82) is 0 Å². The average Bonchev–Trinajstić information content (AvgIpc) is 3.41. The summed E-state index contributed by atoms with van der Waals surface area (Å²) in [5.74, 6) is 0.0340. The molecule has 10 heteroatoms. The van der Waals surface area contributed by atoms with Crippen molar-refractivity contribution in [2.75, 3.05) is 32.8 Å². The van der Waals surface area contributed by atoms with E-state index in [1.54, 1.807) is 28.5 Å².